The van der Waals surface area contributed by atoms with Gasteiger partial charge in [0.05, 0.1) is 0 Å². The van der Waals surface area contributed by atoms with Crippen molar-refractivity contribution in [3.05, 3.63) is 11.9 Å². The number of nitrogens with two attached hydrogens (primary N) is 1. The number of nitrogens with one attached hydrogen (secondary N) is 3. The molecule has 1 aromatic heterocycles. The Hall–Kier alpha value is -2.05. The molecule has 0 bridgehead atoms. The average Bonchev–Trinajstić information content (AvgIpc) is 2.23. The number of anilines is 2. The molecule has 0 radical (unpaired) electrons. The highest BCUT2D eigenvalue weighted by atomic mass is 16.2. The molecule has 1 rings (SSSR count). The quantitative estimate of drug-likeness (QED) is 0.523. The first-order valence-corrected chi connectivity index (χ1v) is 4.92. The summed E-state index contributed by atoms with van der Waals surface area (Å²) >= 11 is 0. The number of hydrogen-bond donors (Lipinski definition) is 4. The van der Waals surface area contributed by atoms with Crippen LogP contribution in [0.25, 0.3) is 0 Å². The van der Waals surface area contributed by atoms with Crippen molar-refractivity contribution in [3.63, 3.8) is 0 Å². The highest BCUT2D eigenvalue weighted by molar-refractivity contribution is 5.71. The lowest BCUT2D eigenvalue weighted by molar-refractivity contribution is 0.249. The second-order valence-corrected chi connectivity index (χ2v) is 3.15. The Kier molecular flexibility index (Phi) is 4.31. The van der Waals surface area contributed by atoms with Crippen LogP contribution in [0.5, 0.6) is 0 Å². The van der Waals surface area contributed by atoms with Gasteiger partial charge in [-0.15, -0.1) is 0 Å². The zero-order valence-electron chi connectivity index (χ0n) is 9.37. The van der Waals surface area contributed by atoms with Crippen molar-refractivity contribution in [2.24, 2.45) is 5.73 Å². The van der Waals surface area contributed by atoms with Crippen LogP contribution in [0.3, 0.4) is 0 Å². The molecule has 0 spiro atoms. The third kappa shape index (κ3) is 3.99. The minimum Gasteiger partial charge on any atom is -0.373 e. The summed E-state index contributed by atoms with van der Waals surface area (Å²) in [6, 6.07) is 1.26. The normalized spacial score (nSPS) is 9.62. The van der Waals surface area contributed by atoms with Crippen molar-refractivity contribution in [1.29, 1.82) is 0 Å². The Balaban J connectivity index is 2.47. The molecule has 0 saturated heterocycles. The first-order valence-electron chi connectivity index (χ1n) is 4.92. The second-order valence-electron chi connectivity index (χ2n) is 3.15. The van der Waals surface area contributed by atoms with Gasteiger partial charge < -0.3 is 21.7 Å². The largest absolute Gasteiger partial charge is 0.373 e. The number of nitrogens with zero attached hydrogens (tertiary/aromatic N) is 2. The highest BCUT2D eigenvalue weighted by Crippen LogP contribution is 2.09. The summed E-state index contributed by atoms with van der Waals surface area (Å²) in [7, 11) is 1.79. The molecule has 7 heteroatoms. The van der Waals surface area contributed by atoms with Crippen LogP contribution in [-0.4, -0.2) is 36.1 Å². The summed E-state index contributed by atoms with van der Waals surface area (Å²) in [4.78, 5) is 18.8. The van der Waals surface area contributed by atoms with Crippen molar-refractivity contribution < 1.29 is 4.79 Å². The van der Waals surface area contributed by atoms with Gasteiger partial charge in [-0.05, 0) is 6.92 Å². The van der Waals surface area contributed by atoms with Gasteiger partial charge in [0.1, 0.15) is 17.5 Å². The predicted octanol–water partition coefficient (Wildman–Crippen LogP) is -0.0931. The van der Waals surface area contributed by atoms with Gasteiger partial charge >= 0.3 is 6.03 Å². The van der Waals surface area contributed by atoms with E-state index >= 15 is 0 Å². The Bertz CT molecular complexity index is 367. The Morgan fingerprint density at radius 2 is 2.06 bits per heavy atom. The van der Waals surface area contributed by atoms with Gasteiger partial charge in [-0.1, -0.05) is 0 Å². The SMILES string of the molecule is CNc1cc(NCCNC(N)=O)nc(C)n1. The monoisotopic (exact) mass is 224 g/mol. The lowest BCUT2D eigenvalue weighted by Crippen LogP contribution is -2.33. The summed E-state index contributed by atoms with van der Waals surface area (Å²) in [6.45, 7) is 2.82. The van der Waals surface area contributed by atoms with Crippen LogP contribution in [0.2, 0.25) is 0 Å². The summed E-state index contributed by atoms with van der Waals surface area (Å²) < 4.78 is 0. The van der Waals surface area contributed by atoms with Gasteiger partial charge in [-0.2, -0.15) is 0 Å². The van der Waals surface area contributed by atoms with Crippen LogP contribution >= 0.6 is 0 Å². The Morgan fingerprint density at radius 3 is 2.69 bits per heavy atom. The van der Waals surface area contributed by atoms with Gasteiger partial charge in [0.25, 0.3) is 0 Å². The molecule has 88 valence electrons. The van der Waals surface area contributed by atoms with Crippen molar-refractivity contribution in [2.75, 3.05) is 30.8 Å². The topological polar surface area (TPSA) is 105 Å². The molecular weight excluding hydrogens is 208 g/mol. The standard InChI is InChI=1S/C9H16N6O/c1-6-14-7(11-2)5-8(15-6)12-3-4-13-9(10)16/h5H,3-4H2,1-2H3,(H3,10,13,16)(H2,11,12,14,15). The molecule has 0 unspecified atom stereocenters. The number of rotatable bonds is 5. The van der Waals surface area contributed by atoms with E-state index in [4.69, 9.17) is 5.73 Å². The lowest BCUT2D eigenvalue weighted by Gasteiger charge is -2.08. The van der Waals surface area contributed by atoms with E-state index in [2.05, 4.69) is 25.9 Å². The maximum absolute atomic E-state index is 10.4. The van der Waals surface area contributed by atoms with Crippen LogP contribution in [0, 0.1) is 6.92 Å². The summed E-state index contributed by atoms with van der Waals surface area (Å²) in [5, 5.41) is 8.47. The van der Waals surface area contributed by atoms with E-state index in [0.717, 1.165) is 5.82 Å². The zero-order valence-corrected chi connectivity index (χ0v) is 9.37. The third-order valence-corrected chi connectivity index (χ3v) is 1.82. The van der Waals surface area contributed by atoms with Crippen LogP contribution in [-0.2, 0) is 0 Å². The van der Waals surface area contributed by atoms with Crippen LogP contribution in [0.15, 0.2) is 6.07 Å². The van der Waals surface area contributed by atoms with E-state index in [9.17, 15) is 4.79 Å². The molecule has 1 aromatic rings. The predicted molar refractivity (Wildman–Crippen MR) is 62.4 cm³/mol. The fourth-order valence-corrected chi connectivity index (χ4v) is 1.16. The third-order valence-electron chi connectivity index (χ3n) is 1.82. The number of carbonyl (C=O) groups is 1. The fourth-order valence-electron chi connectivity index (χ4n) is 1.16. The Labute approximate surface area is 93.8 Å². The summed E-state index contributed by atoms with van der Waals surface area (Å²) in [6.07, 6.45) is 0. The van der Waals surface area contributed by atoms with E-state index in [1.807, 2.05) is 6.92 Å². The molecule has 0 aliphatic heterocycles. The first-order chi connectivity index (χ1) is 7.61. The van der Waals surface area contributed by atoms with Crippen molar-refractivity contribution in [1.82, 2.24) is 15.3 Å². The number of amides is 2. The second kappa shape index (κ2) is 5.74. The smallest absolute Gasteiger partial charge is 0.312 e. The number of urea groups is 1. The molecule has 1 heterocycles. The lowest BCUT2D eigenvalue weighted by atomic mass is 10.4. The number of aromatic nitrogens is 2. The first kappa shape index (κ1) is 12.0. The minimum atomic E-state index is -0.531. The van der Waals surface area contributed by atoms with Crippen molar-refractivity contribution in [3.8, 4) is 0 Å². The van der Waals surface area contributed by atoms with Crippen molar-refractivity contribution in [2.45, 2.75) is 6.92 Å². The molecule has 16 heavy (non-hydrogen) atoms. The van der Waals surface area contributed by atoms with E-state index in [1.165, 1.54) is 0 Å². The number of hydrogen-bond acceptors (Lipinski definition) is 5. The Morgan fingerprint density at radius 1 is 1.38 bits per heavy atom. The minimum absolute atomic E-state index is 0.452. The molecule has 7 nitrogen and oxygen atoms in total. The number of primary amides is 1. The van der Waals surface area contributed by atoms with Gasteiger partial charge in [0, 0.05) is 26.2 Å². The van der Waals surface area contributed by atoms with Crippen molar-refractivity contribution >= 4 is 17.7 Å². The molecule has 0 aromatic carbocycles. The number of aryl methyl sites for hydroxylation is 1. The molecule has 0 aliphatic carbocycles. The highest BCUT2D eigenvalue weighted by Gasteiger charge is 1.99. The summed E-state index contributed by atoms with van der Waals surface area (Å²) in [5.74, 6) is 2.14. The maximum atomic E-state index is 10.4. The van der Waals surface area contributed by atoms with E-state index in [1.54, 1.807) is 13.1 Å². The van der Waals surface area contributed by atoms with Crippen LogP contribution in [0.1, 0.15) is 5.82 Å². The molecule has 0 saturated carbocycles. The molecule has 0 aliphatic rings. The van der Waals surface area contributed by atoms with Crippen LogP contribution < -0.4 is 21.7 Å². The fraction of sp³-hybridized carbons (Fsp3) is 0.444. The molecule has 2 amide bonds. The molecule has 0 fully saturated rings. The van der Waals surface area contributed by atoms with Gasteiger partial charge in [-0.25, -0.2) is 14.8 Å². The van der Waals surface area contributed by atoms with Gasteiger partial charge in [0.15, 0.2) is 0 Å². The van der Waals surface area contributed by atoms with Gasteiger partial charge in [0.2, 0.25) is 0 Å². The van der Waals surface area contributed by atoms with Crippen LogP contribution in [0.4, 0.5) is 16.4 Å². The average molecular weight is 224 g/mol. The molecular formula is C9H16N6O. The van der Waals surface area contributed by atoms with E-state index in [-0.39, 0.29) is 0 Å². The van der Waals surface area contributed by atoms with Gasteiger partial charge in [-0.3, -0.25) is 0 Å². The van der Waals surface area contributed by atoms with E-state index in [0.29, 0.717) is 24.7 Å². The maximum Gasteiger partial charge on any atom is 0.312 e. The number of carbonyl (C=O) groups excluding carboxylic acids is 1. The molecule has 0 atom stereocenters. The van der Waals surface area contributed by atoms with E-state index < -0.39 is 6.03 Å². The molecule has 5 N–H and O–H groups in total. The zero-order chi connectivity index (χ0) is 12.0. The summed E-state index contributed by atoms with van der Waals surface area (Å²) in [5.41, 5.74) is 4.93.